The second-order valence-corrected chi connectivity index (χ2v) is 3.96. The van der Waals surface area contributed by atoms with Gasteiger partial charge >= 0.3 is 7.12 Å². The Morgan fingerprint density at radius 3 is 1.89 bits per heavy atom. The number of hydrogen-bond acceptors (Lipinski definition) is 4. The molecule has 0 saturated heterocycles. The molecule has 1 aromatic rings. The van der Waals surface area contributed by atoms with E-state index >= 15 is 0 Å². The third-order valence-electron chi connectivity index (χ3n) is 2.43. The van der Waals surface area contributed by atoms with Crippen LogP contribution >= 0.6 is 0 Å². The third-order valence-corrected chi connectivity index (χ3v) is 2.43. The van der Waals surface area contributed by atoms with Gasteiger partial charge in [-0.1, -0.05) is 12.2 Å². The first kappa shape index (κ1) is 16.5. The van der Waals surface area contributed by atoms with Gasteiger partial charge < -0.3 is 10.0 Å². The number of aryl methyl sites for hydroxylation is 1. The Labute approximate surface area is 109 Å². The predicted molar refractivity (Wildman–Crippen MR) is 75.7 cm³/mol. The number of aromatic nitrogens is 2. The van der Waals surface area contributed by atoms with Crippen LogP contribution in [-0.2, 0) is 0 Å². The van der Waals surface area contributed by atoms with Crippen LogP contribution in [0.2, 0.25) is 0 Å². The van der Waals surface area contributed by atoms with E-state index < -0.39 is 7.12 Å². The van der Waals surface area contributed by atoms with Crippen LogP contribution in [0.5, 0.6) is 0 Å². The van der Waals surface area contributed by atoms with Crippen molar-refractivity contribution < 1.29 is 10.0 Å². The summed E-state index contributed by atoms with van der Waals surface area (Å²) >= 11 is 0. The zero-order valence-corrected chi connectivity index (χ0v) is 11.7. The minimum absolute atomic E-state index is 0.583. The topological polar surface area (TPSA) is 66.2 Å². The highest BCUT2D eigenvalue weighted by molar-refractivity contribution is 6.50. The zero-order valence-electron chi connectivity index (χ0n) is 11.7. The molecule has 98 valence electrons. The smallest absolute Gasteiger partial charge is 0.423 e. The molecule has 0 bridgehead atoms. The summed E-state index contributed by atoms with van der Waals surface area (Å²) in [4.78, 5) is 8.34. The lowest BCUT2D eigenvalue weighted by atomic mass is 9.81. The van der Waals surface area contributed by atoms with Crippen LogP contribution in [0.3, 0.4) is 0 Å². The molecule has 18 heavy (non-hydrogen) atoms. The average Bonchev–Trinajstić information content (AvgIpc) is 2.38. The van der Waals surface area contributed by atoms with Crippen LogP contribution in [0, 0.1) is 6.92 Å². The lowest BCUT2D eigenvalue weighted by molar-refractivity contribution is 0.419. The van der Waals surface area contributed by atoms with Crippen molar-refractivity contribution in [3.63, 3.8) is 0 Å². The summed E-state index contributed by atoms with van der Waals surface area (Å²) < 4.78 is 0. The first-order chi connectivity index (χ1) is 8.42. The number of rotatable bonds is 2. The summed E-state index contributed by atoms with van der Waals surface area (Å²) in [6, 6.07) is 0. The minimum atomic E-state index is -1.27. The summed E-state index contributed by atoms with van der Waals surface area (Å²) in [5.74, 6) is 0.818. The molecule has 2 N–H and O–H groups in total. The van der Waals surface area contributed by atoms with E-state index in [-0.39, 0.29) is 0 Å². The maximum Gasteiger partial charge on any atom is 0.483 e. The fourth-order valence-corrected chi connectivity index (χ4v) is 0.874. The van der Waals surface area contributed by atoms with Crippen molar-refractivity contribution in [3.8, 4) is 0 Å². The zero-order chi connectivity index (χ0) is 14.1. The van der Waals surface area contributed by atoms with E-state index in [1.54, 1.807) is 19.9 Å². The first-order valence-electron chi connectivity index (χ1n) is 5.83. The molecule has 0 aliphatic heterocycles. The van der Waals surface area contributed by atoms with E-state index in [0.29, 0.717) is 5.47 Å². The Balaban J connectivity index is 0.000000360. The van der Waals surface area contributed by atoms with E-state index in [9.17, 15) is 0 Å². The Bertz CT molecular complexity index is 412. The molecular formula is C13H21BN2O2. The van der Waals surface area contributed by atoms with Crippen LogP contribution in [0.15, 0.2) is 30.0 Å². The number of allylic oxidation sites excluding steroid dienone is 4. The quantitative estimate of drug-likeness (QED) is 0.787. The summed E-state index contributed by atoms with van der Waals surface area (Å²) in [5, 5.41) is 16.6. The highest BCUT2D eigenvalue weighted by Crippen LogP contribution is 2.06. The molecule has 0 atom stereocenters. The van der Waals surface area contributed by atoms with Crippen LogP contribution in [0.25, 0.3) is 5.57 Å². The van der Waals surface area contributed by atoms with Gasteiger partial charge in [-0.15, -0.1) is 0 Å². The van der Waals surface area contributed by atoms with Crippen LogP contribution in [0.4, 0.5) is 0 Å². The molecule has 0 saturated carbocycles. The van der Waals surface area contributed by atoms with Gasteiger partial charge in [0.2, 0.25) is 0 Å². The summed E-state index contributed by atoms with van der Waals surface area (Å²) in [5.41, 5.74) is 2.79. The molecule has 0 fully saturated rings. The molecule has 1 heterocycles. The van der Waals surface area contributed by atoms with Crippen molar-refractivity contribution in [3.05, 3.63) is 41.4 Å². The fraction of sp³-hybridized carbons (Fsp3) is 0.385. The molecule has 0 aromatic carbocycles. The van der Waals surface area contributed by atoms with Gasteiger partial charge in [0, 0.05) is 12.4 Å². The van der Waals surface area contributed by atoms with E-state index in [2.05, 4.69) is 9.97 Å². The Kier molecular flexibility index (Phi) is 7.91. The van der Waals surface area contributed by atoms with Crippen molar-refractivity contribution in [2.24, 2.45) is 0 Å². The summed E-state index contributed by atoms with van der Waals surface area (Å²) in [6.07, 6.45) is 7.32. The minimum Gasteiger partial charge on any atom is -0.423 e. The molecule has 0 aliphatic carbocycles. The third kappa shape index (κ3) is 6.32. The monoisotopic (exact) mass is 248 g/mol. The van der Waals surface area contributed by atoms with Gasteiger partial charge in [-0.2, -0.15) is 0 Å². The molecule has 1 aromatic heterocycles. The second kappa shape index (κ2) is 8.61. The normalized spacial score (nSPS) is 11.7. The van der Waals surface area contributed by atoms with Gasteiger partial charge in [-0.05, 0) is 51.2 Å². The van der Waals surface area contributed by atoms with Crippen molar-refractivity contribution in [2.45, 2.75) is 34.6 Å². The fourth-order valence-electron chi connectivity index (χ4n) is 0.874. The molecule has 0 aliphatic rings. The number of hydrogen-bond donors (Lipinski definition) is 2. The standard InChI is InChI=1S/C9H12N2.C4H9BO2/c1-4-8(3)9-10-5-7(2)6-11-9;1-3-4(2)5(6)7/h4-6H,1-3H3;3,6-7H,1-2H3/b8-4-;4-3-. The molecule has 0 spiro atoms. The Morgan fingerprint density at radius 1 is 1.11 bits per heavy atom. The predicted octanol–water partition coefficient (Wildman–Crippen LogP) is 2.17. The van der Waals surface area contributed by atoms with Gasteiger partial charge in [0.15, 0.2) is 5.82 Å². The van der Waals surface area contributed by atoms with Gasteiger partial charge in [-0.3, -0.25) is 0 Å². The maximum atomic E-state index is 8.31. The molecular weight excluding hydrogens is 227 g/mol. The van der Waals surface area contributed by atoms with Gasteiger partial charge in [0.25, 0.3) is 0 Å². The SMILES string of the molecule is C/C=C(/C)B(O)O.C/C=C(/C)c1ncc(C)cn1. The highest BCUT2D eigenvalue weighted by Gasteiger charge is 2.05. The first-order valence-corrected chi connectivity index (χ1v) is 5.83. The molecule has 0 radical (unpaired) electrons. The van der Waals surface area contributed by atoms with Crippen molar-refractivity contribution >= 4 is 12.7 Å². The second-order valence-electron chi connectivity index (χ2n) is 3.96. The van der Waals surface area contributed by atoms with Gasteiger partial charge in [0.05, 0.1) is 0 Å². The van der Waals surface area contributed by atoms with Gasteiger partial charge in [0.1, 0.15) is 0 Å². The van der Waals surface area contributed by atoms with Crippen LogP contribution in [-0.4, -0.2) is 27.1 Å². The number of nitrogens with zero attached hydrogens (tertiary/aromatic N) is 2. The van der Waals surface area contributed by atoms with Crippen molar-refractivity contribution in [1.29, 1.82) is 0 Å². The van der Waals surface area contributed by atoms with Crippen molar-refractivity contribution in [2.75, 3.05) is 0 Å². The average molecular weight is 248 g/mol. The molecule has 0 amide bonds. The van der Waals surface area contributed by atoms with E-state index in [0.717, 1.165) is 17.0 Å². The Morgan fingerprint density at radius 2 is 1.61 bits per heavy atom. The lowest BCUT2D eigenvalue weighted by Gasteiger charge is -1.97. The summed E-state index contributed by atoms with van der Waals surface area (Å²) in [7, 11) is -1.27. The maximum absolute atomic E-state index is 8.31. The van der Waals surface area contributed by atoms with E-state index in [1.807, 2.05) is 39.2 Å². The van der Waals surface area contributed by atoms with Crippen molar-refractivity contribution in [1.82, 2.24) is 9.97 Å². The largest absolute Gasteiger partial charge is 0.483 e. The summed E-state index contributed by atoms with van der Waals surface area (Å²) in [6.45, 7) is 9.39. The lowest BCUT2D eigenvalue weighted by Crippen LogP contribution is -2.12. The van der Waals surface area contributed by atoms with E-state index in [4.69, 9.17) is 10.0 Å². The van der Waals surface area contributed by atoms with Gasteiger partial charge in [-0.25, -0.2) is 9.97 Å². The van der Waals surface area contributed by atoms with Crippen LogP contribution < -0.4 is 0 Å². The Hall–Kier alpha value is -1.46. The van der Waals surface area contributed by atoms with E-state index in [1.165, 1.54) is 0 Å². The molecule has 1 rings (SSSR count). The molecule has 0 unspecified atom stereocenters. The molecule has 5 heteroatoms. The molecule has 4 nitrogen and oxygen atoms in total. The highest BCUT2D eigenvalue weighted by atomic mass is 16.4. The van der Waals surface area contributed by atoms with Crippen LogP contribution in [0.1, 0.15) is 39.1 Å².